The molecule has 2 fully saturated rings. The minimum absolute atomic E-state index is 0.151. The van der Waals surface area contributed by atoms with E-state index in [1.54, 1.807) is 5.48 Å². The van der Waals surface area contributed by atoms with E-state index in [2.05, 4.69) is 44.8 Å². The number of amides is 1. The van der Waals surface area contributed by atoms with Crippen LogP contribution >= 0.6 is 0 Å². The molecule has 1 aromatic rings. The van der Waals surface area contributed by atoms with Crippen LogP contribution in [0.25, 0.3) is 0 Å². The monoisotopic (exact) mass is 480 g/mol. The van der Waals surface area contributed by atoms with Crippen LogP contribution in [0.5, 0.6) is 0 Å². The van der Waals surface area contributed by atoms with Crippen molar-refractivity contribution in [2.75, 3.05) is 44.2 Å². The van der Waals surface area contributed by atoms with Crippen LogP contribution in [0.2, 0.25) is 0 Å². The number of anilines is 1. The molecule has 0 radical (unpaired) electrons. The fourth-order valence-corrected chi connectivity index (χ4v) is 7.65. The highest BCUT2D eigenvalue weighted by Gasteiger charge is 2.54. The fourth-order valence-electron chi connectivity index (χ4n) is 5.51. The molecule has 0 saturated carbocycles. The molecule has 2 heterocycles. The van der Waals surface area contributed by atoms with Gasteiger partial charge >= 0.3 is 0 Å². The van der Waals surface area contributed by atoms with Gasteiger partial charge in [-0.25, -0.2) is 13.9 Å². The Morgan fingerprint density at radius 3 is 2.03 bits per heavy atom. The Morgan fingerprint density at radius 2 is 1.55 bits per heavy atom. The van der Waals surface area contributed by atoms with Gasteiger partial charge in [0.1, 0.15) is 0 Å². The summed E-state index contributed by atoms with van der Waals surface area (Å²) < 4.78 is 27.0. The van der Waals surface area contributed by atoms with Crippen molar-refractivity contribution in [1.29, 1.82) is 0 Å². The molecule has 2 aliphatic rings. The first-order chi connectivity index (χ1) is 15.6. The van der Waals surface area contributed by atoms with Crippen LogP contribution in [0, 0.1) is 27.7 Å². The highest BCUT2D eigenvalue weighted by Crippen LogP contribution is 2.36. The van der Waals surface area contributed by atoms with Gasteiger partial charge in [0, 0.05) is 31.9 Å². The second kappa shape index (κ2) is 10.3. The summed E-state index contributed by atoms with van der Waals surface area (Å²) in [6.45, 7) is 13.6. The van der Waals surface area contributed by atoms with Crippen LogP contribution in [0.15, 0.2) is 0 Å². The Hall–Kier alpha value is -1.68. The normalized spacial score (nSPS) is 19.5. The Bertz CT molecular complexity index is 950. The maximum Gasteiger partial charge on any atom is 0.266 e. The molecule has 8 nitrogen and oxygen atoms in total. The van der Waals surface area contributed by atoms with E-state index >= 15 is 0 Å². The number of hydrogen-bond donors (Lipinski definition) is 3. The van der Waals surface area contributed by atoms with Gasteiger partial charge in [-0.15, -0.1) is 0 Å². The number of nitrogens with one attached hydrogen (secondary N) is 2. The zero-order chi connectivity index (χ0) is 24.4. The zero-order valence-electron chi connectivity index (χ0n) is 20.8. The maximum atomic E-state index is 13.6. The number of unbranched alkanes of at least 4 members (excludes halogenated alkanes) is 1. The highest BCUT2D eigenvalue weighted by atomic mass is 32.2. The standard InChI is InChI=1S/C24H40N4O4S/c1-6-7-8-21-17(2)19(4)22(20(5)18(21)3)27-13-15-28(16-14-27)33(31,32)24(23(29)26-30)9-11-25-12-10-24/h25,30H,6-16H2,1-5H3,(H,26,29). The number of sulfonamides is 1. The number of hydroxylamine groups is 1. The van der Waals surface area contributed by atoms with E-state index in [9.17, 15) is 18.4 Å². The van der Waals surface area contributed by atoms with Crippen LogP contribution in [0.1, 0.15) is 60.4 Å². The van der Waals surface area contributed by atoms with Crippen molar-refractivity contribution in [3.63, 3.8) is 0 Å². The first-order valence-corrected chi connectivity index (χ1v) is 13.6. The second-order valence-corrected chi connectivity index (χ2v) is 11.8. The highest BCUT2D eigenvalue weighted by molar-refractivity contribution is 7.91. The Kier molecular flexibility index (Phi) is 8.09. The number of piperazine rings is 1. The average molecular weight is 481 g/mol. The SMILES string of the molecule is CCCCc1c(C)c(C)c(N2CCN(S(=O)(=O)C3(C(=O)NO)CCNCC3)CC2)c(C)c1C. The van der Waals surface area contributed by atoms with Gasteiger partial charge in [0.2, 0.25) is 10.0 Å². The van der Waals surface area contributed by atoms with Crippen molar-refractivity contribution in [2.45, 2.75) is 71.5 Å². The number of nitrogens with zero attached hydrogens (tertiary/aromatic N) is 2. The third-order valence-corrected chi connectivity index (χ3v) is 10.5. The van der Waals surface area contributed by atoms with Crippen LogP contribution in [0.4, 0.5) is 5.69 Å². The van der Waals surface area contributed by atoms with E-state index in [1.165, 1.54) is 50.7 Å². The molecule has 2 aliphatic heterocycles. The molecule has 1 amide bonds. The van der Waals surface area contributed by atoms with Crippen LogP contribution in [0.3, 0.4) is 0 Å². The molecule has 0 atom stereocenters. The smallest absolute Gasteiger partial charge is 0.266 e. The third-order valence-electron chi connectivity index (χ3n) is 7.84. The van der Waals surface area contributed by atoms with Crippen LogP contribution in [-0.2, 0) is 21.2 Å². The summed E-state index contributed by atoms with van der Waals surface area (Å²) in [7, 11) is -3.92. The van der Waals surface area contributed by atoms with Gasteiger partial charge in [0.25, 0.3) is 5.91 Å². The molecule has 0 spiro atoms. The van der Waals surface area contributed by atoms with Crippen LogP contribution in [-0.4, -0.2) is 67.9 Å². The van der Waals surface area contributed by atoms with Crippen molar-refractivity contribution in [3.05, 3.63) is 27.8 Å². The van der Waals surface area contributed by atoms with Gasteiger partial charge in [0.15, 0.2) is 4.75 Å². The lowest BCUT2D eigenvalue weighted by Gasteiger charge is -2.43. The molecule has 0 aliphatic carbocycles. The molecular weight excluding hydrogens is 440 g/mol. The summed E-state index contributed by atoms with van der Waals surface area (Å²) in [5.74, 6) is -0.827. The topological polar surface area (TPSA) is 102 Å². The van der Waals surface area contributed by atoms with E-state index < -0.39 is 20.7 Å². The van der Waals surface area contributed by atoms with E-state index in [4.69, 9.17) is 0 Å². The maximum absolute atomic E-state index is 13.6. The molecular formula is C24H40N4O4S. The summed E-state index contributed by atoms with van der Waals surface area (Å²) in [5, 5.41) is 12.4. The number of carbonyl (C=O) groups excluding carboxylic acids is 1. The largest absolute Gasteiger partial charge is 0.368 e. The Morgan fingerprint density at radius 1 is 1.00 bits per heavy atom. The molecule has 3 N–H and O–H groups in total. The summed E-state index contributed by atoms with van der Waals surface area (Å²) in [5.41, 5.74) is 9.50. The number of carbonyl (C=O) groups is 1. The van der Waals surface area contributed by atoms with Gasteiger partial charge in [-0.1, -0.05) is 13.3 Å². The lowest BCUT2D eigenvalue weighted by atomic mass is 9.88. The first-order valence-electron chi connectivity index (χ1n) is 12.1. The Balaban J connectivity index is 1.84. The second-order valence-electron chi connectivity index (χ2n) is 9.51. The number of rotatable bonds is 7. The van der Waals surface area contributed by atoms with Crippen molar-refractivity contribution in [1.82, 2.24) is 15.1 Å². The number of benzene rings is 1. The van der Waals surface area contributed by atoms with E-state index in [1.807, 2.05) is 0 Å². The van der Waals surface area contributed by atoms with E-state index in [-0.39, 0.29) is 12.8 Å². The van der Waals surface area contributed by atoms with Crippen molar-refractivity contribution >= 4 is 21.6 Å². The zero-order valence-corrected chi connectivity index (χ0v) is 21.6. The van der Waals surface area contributed by atoms with Crippen molar-refractivity contribution in [2.24, 2.45) is 0 Å². The molecule has 33 heavy (non-hydrogen) atoms. The van der Waals surface area contributed by atoms with Gasteiger partial charge in [-0.2, -0.15) is 4.31 Å². The van der Waals surface area contributed by atoms with Crippen LogP contribution < -0.4 is 15.7 Å². The third kappa shape index (κ3) is 4.52. The molecule has 2 saturated heterocycles. The van der Waals surface area contributed by atoms with Crippen molar-refractivity contribution < 1.29 is 18.4 Å². The molecule has 9 heteroatoms. The molecule has 0 unspecified atom stereocenters. The van der Waals surface area contributed by atoms with E-state index in [0.29, 0.717) is 39.3 Å². The minimum Gasteiger partial charge on any atom is -0.368 e. The summed E-state index contributed by atoms with van der Waals surface area (Å²) in [6.07, 6.45) is 3.73. The van der Waals surface area contributed by atoms with E-state index in [0.717, 1.165) is 6.42 Å². The average Bonchev–Trinajstić information content (AvgIpc) is 2.83. The number of piperidine rings is 1. The fraction of sp³-hybridized carbons (Fsp3) is 0.708. The summed E-state index contributed by atoms with van der Waals surface area (Å²) in [6, 6.07) is 0. The quantitative estimate of drug-likeness (QED) is 0.409. The Labute approximate surface area is 198 Å². The van der Waals surface area contributed by atoms with Gasteiger partial charge in [0.05, 0.1) is 0 Å². The summed E-state index contributed by atoms with van der Waals surface area (Å²) in [4.78, 5) is 14.8. The molecule has 1 aromatic carbocycles. The molecule has 0 bridgehead atoms. The predicted molar refractivity (Wildman–Crippen MR) is 131 cm³/mol. The molecule has 186 valence electrons. The first kappa shape index (κ1) is 25.9. The molecule has 0 aromatic heterocycles. The summed E-state index contributed by atoms with van der Waals surface area (Å²) >= 11 is 0. The van der Waals surface area contributed by atoms with Crippen molar-refractivity contribution in [3.8, 4) is 0 Å². The van der Waals surface area contributed by atoms with Gasteiger partial charge < -0.3 is 10.2 Å². The van der Waals surface area contributed by atoms with Gasteiger partial charge in [-0.05, 0) is 94.3 Å². The predicted octanol–water partition coefficient (Wildman–Crippen LogP) is 2.34. The lowest BCUT2D eigenvalue weighted by molar-refractivity contribution is -0.132. The number of hydrogen-bond acceptors (Lipinski definition) is 6. The lowest BCUT2D eigenvalue weighted by Crippen LogP contribution is -2.63. The van der Waals surface area contributed by atoms with Gasteiger partial charge in [-0.3, -0.25) is 10.0 Å². The minimum atomic E-state index is -3.92. The molecule has 3 rings (SSSR count).